The molecule has 5 rings (SSSR count). The number of hydrogen-bond donors (Lipinski definition) is 0. The summed E-state index contributed by atoms with van der Waals surface area (Å²) in [7, 11) is 0. The Labute approximate surface area is 194 Å². The molecule has 0 bridgehead atoms. The van der Waals surface area contributed by atoms with Crippen molar-refractivity contribution >= 4 is 33.4 Å². The van der Waals surface area contributed by atoms with Crippen molar-refractivity contribution < 1.29 is 9.59 Å². The Morgan fingerprint density at radius 1 is 0.844 bits per heavy atom. The van der Waals surface area contributed by atoms with Gasteiger partial charge >= 0.3 is 0 Å². The fourth-order valence-corrected chi connectivity index (χ4v) is 6.32. The first-order valence-corrected chi connectivity index (χ1v) is 12.9. The second-order valence-corrected chi connectivity index (χ2v) is 10.3. The molecule has 172 valence electrons. The van der Waals surface area contributed by atoms with Gasteiger partial charge in [0.1, 0.15) is 5.01 Å². The van der Waals surface area contributed by atoms with Crippen LogP contribution in [0.25, 0.3) is 10.2 Å². The zero-order valence-electron chi connectivity index (χ0n) is 18.7. The van der Waals surface area contributed by atoms with Gasteiger partial charge in [-0.1, -0.05) is 18.6 Å². The third-order valence-electron chi connectivity index (χ3n) is 7.09. The van der Waals surface area contributed by atoms with E-state index in [4.69, 9.17) is 4.98 Å². The van der Waals surface area contributed by atoms with Crippen molar-refractivity contribution in [2.75, 3.05) is 58.9 Å². The molecular weight excluding hydrogens is 422 g/mol. The fraction of sp³-hybridized carbons (Fsp3) is 0.625. The van der Waals surface area contributed by atoms with Crippen LogP contribution in [0.5, 0.6) is 0 Å². The third kappa shape index (κ3) is 4.82. The Balaban J connectivity index is 1.15. The van der Waals surface area contributed by atoms with E-state index < -0.39 is 0 Å². The van der Waals surface area contributed by atoms with Gasteiger partial charge in [0.25, 0.3) is 0 Å². The Bertz CT molecular complexity index is 916. The number of benzene rings is 1. The number of aromatic nitrogens is 1. The SMILES string of the molecule is O=C(CN1CCN(C(=O)CN2CCCCC2c2nc3ccccc3s2)CC1)N1CCCC1. The number of likely N-dealkylation sites (tertiary alicyclic amines) is 2. The average molecular weight is 456 g/mol. The first kappa shape index (κ1) is 21.8. The highest BCUT2D eigenvalue weighted by atomic mass is 32.1. The standard InChI is InChI=1S/C24H33N5O2S/c30-22(27-10-5-6-11-27)17-26-13-15-28(16-14-26)23(31)18-29-12-4-3-8-20(29)24-25-19-7-1-2-9-21(19)32-24/h1-2,7,9,20H,3-6,8,10-18H2. The predicted molar refractivity (Wildman–Crippen MR) is 127 cm³/mol. The van der Waals surface area contributed by atoms with Gasteiger partial charge in [0.15, 0.2) is 0 Å². The van der Waals surface area contributed by atoms with Crippen LogP contribution in [-0.2, 0) is 9.59 Å². The number of piperazine rings is 1. The summed E-state index contributed by atoms with van der Waals surface area (Å²) in [5.41, 5.74) is 1.06. The van der Waals surface area contributed by atoms with Crippen molar-refractivity contribution in [1.82, 2.24) is 24.6 Å². The number of para-hydroxylation sites is 1. The second kappa shape index (κ2) is 9.85. The molecule has 0 saturated carbocycles. The molecule has 3 aliphatic heterocycles. The van der Waals surface area contributed by atoms with Gasteiger partial charge < -0.3 is 9.80 Å². The Kier molecular flexibility index (Phi) is 6.71. The Hall–Kier alpha value is -2.03. The summed E-state index contributed by atoms with van der Waals surface area (Å²) in [4.78, 5) is 38.9. The van der Waals surface area contributed by atoms with Crippen molar-refractivity contribution in [2.45, 2.75) is 38.1 Å². The number of piperidine rings is 1. The van der Waals surface area contributed by atoms with Crippen molar-refractivity contribution in [1.29, 1.82) is 0 Å². The molecule has 0 radical (unpaired) electrons. The number of rotatable bonds is 5. The molecule has 3 aliphatic rings. The molecule has 3 saturated heterocycles. The van der Waals surface area contributed by atoms with Gasteiger partial charge in [-0.3, -0.25) is 19.4 Å². The van der Waals surface area contributed by atoms with Gasteiger partial charge in [0.2, 0.25) is 11.8 Å². The molecular formula is C24H33N5O2S. The Morgan fingerprint density at radius 3 is 2.31 bits per heavy atom. The lowest BCUT2D eigenvalue weighted by Crippen LogP contribution is -2.53. The monoisotopic (exact) mass is 455 g/mol. The van der Waals surface area contributed by atoms with Crippen LogP contribution in [0.3, 0.4) is 0 Å². The predicted octanol–water partition coefficient (Wildman–Crippen LogP) is 2.59. The lowest BCUT2D eigenvalue weighted by Gasteiger charge is -2.38. The number of nitrogens with zero attached hydrogens (tertiary/aromatic N) is 5. The van der Waals surface area contributed by atoms with E-state index in [1.807, 2.05) is 15.9 Å². The number of hydrogen-bond acceptors (Lipinski definition) is 6. The van der Waals surface area contributed by atoms with Crippen LogP contribution in [0.1, 0.15) is 43.2 Å². The number of thiazole rings is 1. The summed E-state index contributed by atoms with van der Waals surface area (Å²) in [5, 5.41) is 1.14. The van der Waals surface area contributed by atoms with E-state index in [0.29, 0.717) is 26.2 Å². The van der Waals surface area contributed by atoms with Crippen molar-refractivity contribution in [3.63, 3.8) is 0 Å². The van der Waals surface area contributed by atoms with E-state index >= 15 is 0 Å². The van der Waals surface area contributed by atoms with E-state index in [0.717, 1.165) is 68.9 Å². The second-order valence-electron chi connectivity index (χ2n) is 9.25. The molecule has 0 aliphatic carbocycles. The number of carbonyl (C=O) groups excluding carboxylic acids is 2. The molecule has 32 heavy (non-hydrogen) atoms. The summed E-state index contributed by atoms with van der Waals surface area (Å²) in [6, 6.07) is 8.53. The highest BCUT2D eigenvalue weighted by molar-refractivity contribution is 7.18. The molecule has 0 N–H and O–H groups in total. The molecule has 8 heteroatoms. The van der Waals surface area contributed by atoms with Crippen LogP contribution in [0.4, 0.5) is 0 Å². The van der Waals surface area contributed by atoms with Gasteiger partial charge in [0, 0.05) is 39.3 Å². The summed E-state index contributed by atoms with van der Waals surface area (Å²) >= 11 is 1.77. The van der Waals surface area contributed by atoms with Crippen molar-refractivity contribution in [3.05, 3.63) is 29.3 Å². The largest absolute Gasteiger partial charge is 0.342 e. The molecule has 4 heterocycles. The maximum absolute atomic E-state index is 13.1. The van der Waals surface area contributed by atoms with E-state index in [1.54, 1.807) is 11.3 Å². The molecule has 7 nitrogen and oxygen atoms in total. The fourth-order valence-electron chi connectivity index (χ4n) is 5.18. The van der Waals surface area contributed by atoms with Crippen molar-refractivity contribution in [2.24, 2.45) is 0 Å². The summed E-state index contributed by atoms with van der Waals surface area (Å²) < 4.78 is 1.22. The first-order valence-electron chi connectivity index (χ1n) is 12.0. The molecule has 1 aromatic carbocycles. The maximum atomic E-state index is 13.1. The third-order valence-corrected chi connectivity index (χ3v) is 8.23. The number of fused-ring (bicyclic) bond motifs is 1. The summed E-state index contributed by atoms with van der Waals surface area (Å²) in [6.07, 6.45) is 5.65. The minimum absolute atomic E-state index is 0.212. The first-order chi connectivity index (χ1) is 15.7. The Morgan fingerprint density at radius 2 is 1.53 bits per heavy atom. The highest BCUT2D eigenvalue weighted by Gasteiger charge is 2.31. The summed E-state index contributed by atoms with van der Waals surface area (Å²) in [5.74, 6) is 0.456. The van der Waals surface area contributed by atoms with Gasteiger partial charge in [-0.05, 0) is 44.4 Å². The van der Waals surface area contributed by atoms with Gasteiger partial charge in [-0.2, -0.15) is 0 Å². The van der Waals surface area contributed by atoms with Crippen LogP contribution < -0.4 is 0 Å². The van der Waals surface area contributed by atoms with E-state index in [2.05, 4.69) is 28.0 Å². The van der Waals surface area contributed by atoms with E-state index in [9.17, 15) is 9.59 Å². The quantitative estimate of drug-likeness (QED) is 0.694. The molecule has 2 aromatic rings. The molecule has 1 unspecified atom stereocenters. The lowest BCUT2D eigenvalue weighted by atomic mass is 10.0. The molecule has 1 atom stereocenters. The van der Waals surface area contributed by atoms with Gasteiger partial charge in [0.05, 0.1) is 29.3 Å². The molecule has 3 fully saturated rings. The molecule has 1 aromatic heterocycles. The van der Waals surface area contributed by atoms with E-state index in [-0.39, 0.29) is 17.9 Å². The normalized spacial score (nSPS) is 23.2. The zero-order chi connectivity index (χ0) is 21.9. The van der Waals surface area contributed by atoms with Crippen LogP contribution in [0.2, 0.25) is 0 Å². The minimum Gasteiger partial charge on any atom is -0.342 e. The maximum Gasteiger partial charge on any atom is 0.236 e. The zero-order valence-corrected chi connectivity index (χ0v) is 19.6. The number of amides is 2. The number of carbonyl (C=O) groups is 2. The van der Waals surface area contributed by atoms with Crippen LogP contribution in [-0.4, -0.2) is 95.3 Å². The molecule has 0 spiro atoms. The highest BCUT2D eigenvalue weighted by Crippen LogP contribution is 2.35. The van der Waals surface area contributed by atoms with Gasteiger partial charge in [-0.25, -0.2) is 4.98 Å². The minimum atomic E-state index is 0.212. The smallest absolute Gasteiger partial charge is 0.236 e. The molecule has 2 amide bonds. The van der Waals surface area contributed by atoms with Crippen LogP contribution >= 0.6 is 11.3 Å². The van der Waals surface area contributed by atoms with E-state index in [1.165, 1.54) is 11.1 Å². The summed E-state index contributed by atoms with van der Waals surface area (Å²) in [6.45, 7) is 6.72. The lowest BCUT2D eigenvalue weighted by molar-refractivity contribution is -0.136. The van der Waals surface area contributed by atoms with Crippen molar-refractivity contribution in [3.8, 4) is 0 Å². The topological polar surface area (TPSA) is 60.0 Å². The van der Waals surface area contributed by atoms with Crippen LogP contribution in [0.15, 0.2) is 24.3 Å². The van der Waals surface area contributed by atoms with Gasteiger partial charge in [-0.15, -0.1) is 11.3 Å². The average Bonchev–Trinajstić information content (AvgIpc) is 3.50. The van der Waals surface area contributed by atoms with Crippen LogP contribution in [0, 0.1) is 0 Å².